The molecule has 2 unspecified atom stereocenters. The number of carbonyl (C=O) groups is 2. The van der Waals surface area contributed by atoms with Gasteiger partial charge in [-0.1, -0.05) is 19.1 Å². The number of carbonyl (C=O) groups excluding carboxylic acids is 2. The Balaban J connectivity index is 1.53. The van der Waals surface area contributed by atoms with Crippen LogP contribution in [-0.4, -0.2) is 62.5 Å². The number of benzene rings is 1. The minimum absolute atomic E-state index is 0.0164. The summed E-state index contributed by atoms with van der Waals surface area (Å²) in [5.74, 6) is -4.14. The molecule has 3 heterocycles. The molecule has 4 aromatic rings. The summed E-state index contributed by atoms with van der Waals surface area (Å²) >= 11 is 0. The molecule has 0 aliphatic heterocycles. The van der Waals surface area contributed by atoms with Crippen LogP contribution in [0.5, 0.6) is 0 Å². The SMILES string of the molecule is CNCC(=O)OCc1cccnc1N(C)C(=O)OC(C)[n+]1cnn(CC(O)(c2ccc(F)cc2F)[C@@H](C)c2ncncc2F)c1. The van der Waals surface area contributed by atoms with Gasteiger partial charge < -0.3 is 19.9 Å². The highest BCUT2D eigenvalue weighted by molar-refractivity contribution is 5.86. The zero-order valence-electron chi connectivity index (χ0n) is 24.9. The third-order valence-electron chi connectivity index (χ3n) is 7.08. The van der Waals surface area contributed by atoms with E-state index in [9.17, 15) is 23.5 Å². The van der Waals surface area contributed by atoms with Gasteiger partial charge in [-0.25, -0.2) is 32.9 Å². The maximum Gasteiger partial charge on any atom is 0.418 e. The zero-order chi connectivity index (χ0) is 32.7. The number of anilines is 1. The Morgan fingerprint density at radius 3 is 2.67 bits per heavy atom. The van der Waals surface area contributed by atoms with E-state index in [1.54, 1.807) is 26.1 Å². The van der Waals surface area contributed by atoms with Gasteiger partial charge in [0.25, 0.3) is 6.33 Å². The molecule has 1 aromatic carbocycles. The Morgan fingerprint density at radius 2 is 1.96 bits per heavy atom. The van der Waals surface area contributed by atoms with E-state index in [1.165, 1.54) is 42.1 Å². The van der Waals surface area contributed by atoms with Crippen LogP contribution in [0.25, 0.3) is 0 Å². The number of amides is 1. The van der Waals surface area contributed by atoms with E-state index in [4.69, 9.17) is 9.47 Å². The highest BCUT2D eigenvalue weighted by Crippen LogP contribution is 2.39. The summed E-state index contributed by atoms with van der Waals surface area (Å²) < 4.78 is 56.8. The predicted molar refractivity (Wildman–Crippen MR) is 151 cm³/mol. The predicted octanol–water partition coefficient (Wildman–Crippen LogP) is 2.52. The van der Waals surface area contributed by atoms with Crippen molar-refractivity contribution in [3.63, 3.8) is 0 Å². The third-order valence-corrected chi connectivity index (χ3v) is 7.08. The lowest BCUT2D eigenvalue weighted by Gasteiger charge is -2.32. The molecule has 0 fully saturated rings. The maximum atomic E-state index is 15.0. The quantitative estimate of drug-likeness (QED) is 0.177. The average Bonchev–Trinajstić information content (AvgIpc) is 3.48. The highest BCUT2D eigenvalue weighted by Gasteiger charge is 2.43. The van der Waals surface area contributed by atoms with Crippen molar-refractivity contribution < 1.29 is 41.9 Å². The van der Waals surface area contributed by atoms with Crippen LogP contribution < -0.4 is 14.8 Å². The van der Waals surface area contributed by atoms with Gasteiger partial charge in [-0.05, 0) is 19.2 Å². The van der Waals surface area contributed by atoms with E-state index in [2.05, 4.69) is 25.4 Å². The Labute approximate surface area is 256 Å². The van der Waals surface area contributed by atoms with Crippen LogP contribution in [0.2, 0.25) is 0 Å². The molecule has 0 aliphatic carbocycles. The first-order chi connectivity index (χ1) is 21.4. The first kappa shape index (κ1) is 32.9. The molecule has 3 atom stereocenters. The number of esters is 1. The molecular formula is C29H32F3N8O5+. The van der Waals surface area contributed by atoms with Gasteiger partial charge in [-0.3, -0.25) is 9.69 Å². The molecular weight excluding hydrogens is 597 g/mol. The molecule has 3 aromatic heterocycles. The van der Waals surface area contributed by atoms with Crippen molar-refractivity contribution in [2.24, 2.45) is 0 Å². The van der Waals surface area contributed by atoms with Gasteiger partial charge in [-0.2, -0.15) is 4.57 Å². The molecule has 0 aliphatic rings. The molecule has 0 saturated carbocycles. The minimum Gasteiger partial charge on any atom is -0.460 e. The summed E-state index contributed by atoms with van der Waals surface area (Å²) in [7, 11) is 3.05. The van der Waals surface area contributed by atoms with E-state index >= 15 is 4.39 Å². The van der Waals surface area contributed by atoms with Crippen LogP contribution in [0.15, 0.2) is 61.7 Å². The maximum absolute atomic E-state index is 15.0. The van der Waals surface area contributed by atoms with Crippen LogP contribution in [-0.2, 0) is 33.0 Å². The van der Waals surface area contributed by atoms with Gasteiger partial charge in [0.2, 0.25) is 12.6 Å². The van der Waals surface area contributed by atoms with Crippen molar-refractivity contribution >= 4 is 17.9 Å². The molecule has 16 heteroatoms. The lowest BCUT2D eigenvalue weighted by Crippen LogP contribution is -2.42. The number of hydrogen-bond acceptors (Lipinski definition) is 10. The number of aliphatic hydroxyl groups is 1. The summed E-state index contributed by atoms with van der Waals surface area (Å²) in [4.78, 5) is 37.7. The number of rotatable bonds is 12. The lowest BCUT2D eigenvalue weighted by atomic mass is 9.79. The molecule has 13 nitrogen and oxygen atoms in total. The normalized spacial score (nSPS) is 13.9. The number of pyridine rings is 1. The number of nitrogens with zero attached hydrogens (tertiary/aromatic N) is 7. The number of nitrogens with one attached hydrogen (secondary N) is 1. The van der Waals surface area contributed by atoms with Crippen LogP contribution in [0.3, 0.4) is 0 Å². The molecule has 0 radical (unpaired) electrons. The smallest absolute Gasteiger partial charge is 0.418 e. The van der Waals surface area contributed by atoms with Gasteiger partial charge in [0.05, 0.1) is 18.4 Å². The number of halogens is 3. The fraction of sp³-hybridized carbons (Fsp3) is 0.345. The lowest BCUT2D eigenvalue weighted by molar-refractivity contribution is -0.753. The Morgan fingerprint density at radius 1 is 1.18 bits per heavy atom. The number of likely N-dealkylation sites (N-methyl/N-ethyl adjacent to an activating group) is 1. The van der Waals surface area contributed by atoms with Crippen molar-refractivity contribution in [1.82, 2.24) is 30.0 Å². The van der Waals surface area contributed by atoms with E-state index in [1.807, 2.05) is 0 Å². The first-order valence-corrected chi connectivity index (χ1v) is 13.7. The second-order valence-electron chi connectivity index (χ2n) is 10.1. The molecule has 4 rings (SSSR count). The molecule has 45 heavy (non-hydrogen) atoms. The van der Waals surface area contributed by atoms with E-state index in [-0.39, 0.29) is 30.2 Å². The minimum atomic E-state index is -2.16. The number of hydrogen-bond donors (Lipinski definition) is 2. The fourth-order valence-electron chi connectivity index (χ4n) is 4.59. The molecule has 0 saturated heterocycles. The second kappa shape index (κ2) is 14.2. The number of ether oxygens (including phenoxy) is 2. The van der Waals surface area contributed by atoms with Gasteiger partial charge in [0.1, 0.15) is 42.5 Å². The first-order valence-electron chi connectivity index (χ1n) is 13.7. The third kappa shape index (κ3) is 7.58. The summed E-state index contributed by atoms with van der Waals surface area (Å²) in [5.41, 5.74) is -2.19. The number of aromatic nitrogens is 6. The van der Waals surface area contributed by atoms with Crippen molar-refractivity contribution in [3.05, 3.63) is 96.0 Å². The van der Waals surface area contributed by atoms with Crippen LogP contribution >= 0.6 is 0 Å². The van der Waals surface area contributed by atoms with Crippen molar-refractivity contribution in [2.75, 3.05) is 25.5 Å². The molecule has 1 amide bonds. The van der Waals surface area contributed by atoms with E-state index in [0.29, 0.717) is 11.6 Å². The standard InChI is InChI=1S/C29H32F3N8O5/c1-18(26-24(32)11-34-15-36-26)29(43,22-8-7-21(30)10-23(22)31)14-40-17-39(16-37-40)19(2)45-28(42)38(4)27-20(6-5-9-35-27)13-44-25(41)12-33-3/h5-11,15-19,33,43H,12-14H2,1-4H3/q+1/t18-,19?,29?/m0/s1. The van der Waals surface area contributed by atoms with Crippen molar-refractivity contribution in [3.8, 4) is 0 Å². The van der Waals surface area contributed by atoms with Crippen molar-refractivity contribution in [1.29, 1.82) is 0 Å². The average molecular weight is 630 g/mol. The van der Waals surface area contributed by atoms with Gasteiger partial charge in [-0.15, -0.1) is 4.68 Å². The van der Waals surface area contributed by atoms with E-state index in [0.717, 1.165) is 29.6 Å². The Kier molecular flexibility index (Phi) is 10.4. The Hall–Kier alpha value is -4.96. The van der Waals surface area contributed by atoms with E-state index < -0.39 is 53.8 Å². The van der Waals surface area contributed by atoms with Crippen LogP contribution in [0.4, 0.5) is 23.8 Å². The molecule has 2 N–H and O–H groups in total. The highest BCUT2D eigenvalue weighted by atomic mass is 19.1. The van der Waals surface area contributed by atoms with Gasteiger partial charge >= 0.3 is 12.1 Å². The summed E-state index contributed by atoms with van der Waals surface area (Å²) in [6.45, 7) is 2.48. The monoisotopic (exact) mass is 629 g/mol. The summed E-state index contributed by atoms with van der Waals surface area (Å²) in [6.07, 6.45) is 4.46. The summed E-state index contributed by atoms with van der Waals surface area (Å²) in [5, 5.41) is 18.8. The largest absolute Gasteiger partial charge is 0.460 e. The zero-order valence-corrected chi connectivity index (χ0v) is 24.9. The van der Waals surface area contributed by atoms with Crippen LogP contribution in [0, 0.1) is 17.5 Å². The Bertz CT molecular complexity index is 1660. The second-order valence-corrected chi connectivity index (χ2v) is 10.1. The van der Waals surface area contributed by atoms with Gasteiger partial charge in [0.15, 0.2) is 5.82 Å². The fourth-order valence-corrected chi connectivity index (χ4v) is 4.59. The topological polar surface area (TPSA) is 148 Å². The molecule has 238 valence electrons. The van der Waals surface area contributed by atoms with Crippen LogP contribution in [0.1, 0.15) is 42.8 Å². The molecule has 0 bridgehead atoms. The van der Waals surface area contributed by atoms with Gasteiger partial charge in [0, 0.05) is 48.4 Å². The summed E-state index contributed by atoms with van der Waals surface area (Å²) in [6, 6.07) is 5.96. The molecule has 0 spiro atoms. The van der Waals surface area contributed by atoms with Crippen molar-refractivity contribution in [2.45, 2.75) is 44.7 Å².